The summed E-state index contributed by atoms with van der Waals surface area (Å²) in [7, 11) is 0. The number of carbonyl (C=O) groups excluding carboxylic acids is 2. The van der Waals surface area contributed by atoms with Gasteiger partial charge in [-0.25, -0.2) is 5.43 Å². The van der Waals surface area contributed by atoms with Gasteiger partial charge in [0.2, 0.25) is 0 Å². The van der Waals surface area contributed by atoms with Gasteiger partial charge in [-0.3, -0.25) is 9.59 Å². The van der Waals surface area contributed by atoms with Crippen LogP contribution in [0.15, 0.2) is 64.2 Å². The molecule has 2 rings (SSSR count). The van der Waals surface area contributed by atoms with Gasteiger partial charge in [0.1, 0.15) is 0 Å². The van der Waals surface area contributed by atoms with Gasteiger partial charge in [-0.2, -0.15) is 5.10 Å². The topological polar surface area (TPSA) is 70.6 Å². The van der Waals surface area contributed by atoms with E-state index in [1.54, 1.807) is 0 Å². The second-order valence-electron chi connectivity index (χ2n) is 4.42. The average Bonchev–Trinajstić information content (AvgIpc) is 2.55. The first-order valence-electron chi connectivity index (χ1n) is 6.56. The molecule has 2 aromatic carbocycles. The van der Waals surface area contributed by atoms with E-state index in [-0.39, 0.29) is 0 Å². The molecule has 0 saturated heterocycles. The molecule has 0 fully saturated rings. The largest absolute Gasteiger partial charge is 0.344 e. The van der Waals surface area contributed by atoms with Crippen molar-refractivity contribution >= 4 is 34.0 Å². The summed E-state index contributed by atoms with van der Waals surface area (Å²) in [6.07, 6.45) is 1.47. The maximum atomic E-state index is 11.6. The summed E-state index contributed by atoms with van der Waals surface area (Å²) in [6, 6.07) is 16.7. The SMILES string of the molecule is O=C(NCc1ccccc1)C(=O)N/N=C/c1ccc(Br)cc1. The van der Waals surface area contributed by atoms with Crippen LogP contribution in [0, 0.1) is 0 Å². The molecule has 0 bridgehead atoms. The third-order valence-electron chi connectivity index (χ3n) is 2.75. The highest BCUT2D eigenvalue weighted by atomic mass is 79.9. The van der Waals surface area contributed by atoms with E-state index in [4.69, 9.17) is 0 Å². The molecule has 2 amide bonds. The van der Waals surface area contributed by atoms with E-state index in [2.05, 4.69) is 31.8 Å². The molecular formula is C16H14BrN3O2. The van der Waals surface area contributed by atoms with Crippen LogP contribution in [-0.2, 0) is 16.1 Å². The smallest absolute Gasteiger partial charge is 0.329 e. The molecule has 5 nitrogen and oxygen atoms in total. The number of nitrogens with one attached hydrogen (secondary N) is 2. The van der Waals surface area contributed by atoms with Crippen molar-refractivity contribution in [3.63, 3.8) is 0 Å². The van der Waals surface area contributed by atoms with Crippen molar-refractivity contribution in [1.82, 2.24) is 10.7 Å². The highest BCUT2D eigenvalue weighted by Gasteiger charge is 2.11. The summed E-state index contributed by atoms with van der Waals surface area (Å²) in [6.45, 7) is 0.295. The molecule has 0 aliphatic heterocycles. The quantitative estimate of drug-likeness (QED) is 0.499. The Labute approximate surface area is 136 Å². The normalized spacial score (nSPS) is 10.4. The van der Waals surface area contributed by atoms with Crippen LogP contribution in [0.2, 0.25) is 0 Å². The lowest BCUT2D eigenvalue weighted by atomic mass is 10.2. The molecule has 0 aliphatic carbocycles. The molecule has 0 aromatic heterocycles. The zero-order valence-electron chi connectivity index (χ0n) is 11.6. The van der Waals surface area contributed by atoms with Gasteiger partial charge in [-0.05, 0) is 23.3 Å². The minimum absolute atomic E-state index is 0.295. The van der Waals surface area contributed by atoms with E-state index in [1.165, 1.54) is 6.21 Å². The van der Waals surface area contributed by atoms with Gasteiger partial charge in [-0.15, -0.1) is 0 Å². The van der Waals surface area contributed by atoms with Crippen molar-refractivity contribution in [3.8, 4) is 0 Å². The van der Waals surface area contributed by atoms with E-state index in [9.17, 15) is 9.59 Å². The average molecular weight is 360 g/mol. The number of carbonyl (C=O) groups is 2. The summed E-state index contributed by atoms with van der Waals surface area (Å²) in [5.41, 5.74) is 3.92. The number of hydrogen-bond donors (Lipinski definition) is 2. The fraction of sp³-hybridized carbons (Fsp3) is 0.0625. The number of amides is 2. The van der Waals surface area contributed by atoms with Crippen molar-refractivity contribution in [2.24, 2.45) is 5.10 Å². The lowest BCUT2D eigenvalue weighted by Gasteiger charge is -2.03. The molecular weight excluding hydrogens is 346 g/mol. The molecule has 0 heterocycles. The monoisotopic (exact) mass is 359 g/mol. The number of benzene rings is 2. The highest BCUT2D eigenvalue weighted by Crippen LogP contribution is 2.08. The van der Waals surface area contributed by atoms with Crippen molar-refractivity contribution < 1.29 is 9.59 Å². The van der Waals surface area contributed by atoms with Crippen LogP contribution in [-0.4, -0.2) is 18.0 Å². The first-order valence-corrected chi connectivity index (χ1v) is 7.35. The highest BCUT2D eigenvalue weighted by molar-refractivity contribution is 9.10. The Bertz CT molecular complexity index is 670. The summed E-state index contributed by atoms with van der Waals surface area (Å²) in [4.78, 5) is 23.2. The van der Waals surface area contributed by atoms with E-state index >= 15 is 0 Å². The third kappa shape index (κ3) is 5.14. The van der Waals surface area contributed by atoms with E-state index in [0.29, 0.717) is 6.54 Å². The summed E-state index contributed by atoms with van der Waals surface area (Å²) >= 11 is 3.33. The molecule has 0 unspecified atom stereocenters. The van der Waals surface area contributed by atoms with Gasteiger partial charge >= 0.3 is 11.8 Å². The second-order valence-corrected chi connectivity index (χ2v) is 5.33. The lowest BCUT2D eigenvalue weighted by molar-refractivity contribution is -0.139. The van der Waals surface area contributed by atoms with Gasteiger partial charge in [-0.1, -0.05) is 58.4 Å². The molecule has 2 aromatic rings. The molecule has 22 heavy (non-hydrogen) atoms. The van der Waals surface area contributed by atoms with Gasteiger partial charge in [0, 0.05) is 11.0 Å². The predicted octanol–water partition coefficient (Wildman–Crippen LogP) is 2.22. The van der Waals surface area contributed by atoms with Crippen LogP contribution in [0.25, 0.3) is 0 Å². The Morgan fingerprint density at radius 3 is 2.36 bits per heavy atom. The summed E-state index contributed by atoms with van der Waals surface area (Å²) in [5.74, 6) is -1.53. The van der Waals surface area contributed by atoms with Crippen LogP contribution in [0.3, 0.4) is 0 Å². The van der Waals surface area contributed by atoms with Crippen molar-refractivity contribution in [2.45, 2.75) is 6.54 Å². The van der Waals surface area contributed by atoms with Crippen LogP contribution in [0.4, 0.5) is 0 Å². The van der Waals surface area contributed by atoms with E-state index < -0.39 is 11.8 Å². The predicted molar refractivity (Wildman–Crippen MR) is 88.2 cm³/mol. The molecule has 0 aliphatic rings. The minimum atomic E-state index is -0.802. The zero-order chi connectivity index (χ0) is 15.8. The first-order chi connectivity index (χ1) is 10.6. The number of hydrogen-bond acceptors (Lipinski definition) is 3. The maximum Gasteiger partial charge on any atom is 0.329 e. The molecule has 0 radical (unpaired) electrons. The molecule has 6 heteroatoms. The van der Waals surface area contributed by atoms with Crippen LogP contribution < -0.4 is 10.7 Å². The Hall–Kier alpha value is -2.47. The van der Waals surface area contributed by atoms with Crippen LogP contribution in [0.5, 0.6) is 0 Å². The van der Waals surface area contributed by atoms with Crippen molar-refractivity contribution in [3.05, 3.63) is 70.2 Å². The number of rotatable bonds is 4. The Morgan fingerprint density at radius 2 is 1.68 bits per heavy atom. The second kappa shape index (κ2) is 8.09. The molecule has 0 atom stereocenters. The Kier molecular flexibility index (Phi) is 5.85. The Morgan fingerprint density at radius 1 is 1.00 bits per heavy atom. The van der Waals surface area contributed by atoms with Gasteiger partial charge in [0.25, 0.3) is 0 Å². The number of hydrazone groups is 1. The molecule has 0 spiro atoms. The first kappa shape index (κ1) is 15.9. The molecule has 112 valence electrons. The van der Waals surface area contributed by atoms with E-state index in [0.717, 1.165) is 15.6 Å². The summed E-state index contributed by atoms with van der Waals surface area (Å²) < 4.78 is 0.953. The van der Waals surface area contributed by atoms with Gasteiger partial charge in [0.15, 0.2) is 0 Å². The maximum absolute atomic E-state index is 11.6. The fourth-order valence-electron chi connectivity index (χ4n) is 1.62. The lowest BCUT2D eigenvalue weighted by Crippen LogP contribution is -2.37. The summed E-state index contributed by atoms with van der Waals surface area (Å²) in [5, 5.41) is 6.27. The van der Waals surface area contributed by atoms with Crippen molar-refractivity contribution in [1.29, 1.82) is 0 Å². The fourth-order valence-corrected chi connectivity index (χ4v) is 1.89. The molecule has 0 saturated carbocycles. The van der Waals surface area contributed by atoms with E-state index in [1.807, 2.05) is 54.6 Å². The van der Waals surface area contributed by atoms with Crippen LogP contribution >= 0.6 is 15.9 Å². The van der Waals surface area contributed by atoms with Gasteiger partial charge in [0.05, 0.1) is 6.21 Å². The minimum Gasteiger partial charge on any atom is -0.344 e. The standard InChI is InChI=1S/C16H14BrN3O2/c17-14-8-6-13(7-9-14)11-19-20-16(22)15(21)18-10-12-4-2-1-3-5-12/h1-9,11H,10H2,(H,18,21)(H,20,22)/b19-11+. The number of halogens is 1. The van der Waals surface area contributed by atoms with Gasteiger partial charge < -0.3 is 5.32 Å². The molecule has 2 N–H and O–H groups in total. The Balaban J connectivity index is 1.79. The zero-order valence-corrected chi connectivity index (χ0v) is 13.2. The van der Waals surface area contributed by atoms with Crippen molar-refractivity contribution in [2.75, 3.05) is 0 Å². The van der Waals surface area contributed by atoms with Crippen LogP contribution in [0.1, 0.15) is 11.1 Å². The third-order valence-corrected chi connectivity index (χ3v) is 3.28. The number of nitrogens with zero attached hydrogens (tertiary/aromatic N) is 1.